The van der Waals surface area contributed by atoms with Crippen molar-refractivity contribution in [1.82, 2.24) is 5.32 Å². The Morgan fingerprint density at radius 1 is 1.24 bits per heavy atom. The van der Waals surface area contributed by atoms with Crippen molar-refractivity contribution in [1.29, 1.82) is 0 Å². The Morgan fingerprint density at radius 3 is 2.62 bits per heavy atom. The molecular formula is C16H22N2O3. The number of para-hydroxylation sites is 1. The minimum Gasteiger partial charge on any atom is -0.380 e. The van der Waals surface area contributed by atoms with Gasteiger partial charge in [-0.25, -0.2) is 0 Å². The van der Waals surface area contributed by atoms with Gasteiger partial charge in [0.05, 0.1) is 17.9 Å². The lowest BCUT2D eigenvalue weighted by Crippen LogP contribution is -2.56. The fourth-order valence-electron chi connectivity index (χ4n) is 2.44. The summed E-state index contributed by atoms with van der Waals surface area (Å²) in [7, 11) is 0. The minimum absolute atomic E-state index is 0.0944. The predicted molar refractivity (Wildman–Crippen MR) is 81.5 cm³/mol. The van der Waals surface area contributed by atoms with Crippen LogP contribution in [0.3, 0.4) is 0 Å². The molecule has 0 saturated heterocycles. The third kappa shape index (κ3) is 2.93. The zero-order chi connectivity index (χ0) is 15.5. The first-order valence-electron chi connectivity index (χ1n) is 7.34. The summed E-state index contributed by atoms with van der Waals surface area (Å²) in [5, 5.41) is 2.86. The number of rotatable bonds is 5. The molecule has 0 saturated carbocycles. The molecule has 0 fully saturated rings. The lowest BCUT2D eigenvalue weighted by Gasteiger charge is -2.31. The first-order valence-corrected chi connectivity index (χ1v) is 7.34. The molecule has 2 rings (SSSR count). The van der Waals surface area contributed by atoms with Crippen molar-refractivity contribution in [3.63, 3.8) is 0 Å². The van der Waals surface area contributed by atoms with Gasteiger partial charge in [0.1, 0.15) is 5.54 Å². The Kier molecular flexibility index (Phi) is 4.63. The number of fused-ring (bicyclic) bond motifs is 1. The molecule has 1 N–H and O–H groups in total. The number of benzene rings is 1. The number of hydrogen-bond donors (Lipinski definition) is 1. The molecule has 5 heteroatoms. The molecule has 1 unspecified atom stereocenters. The smallest absolute Gasteiger partial charge is 0.254 e. The van der Waals surface area contributed by atoms with Gasteiger partial charge in [-0.05, 0) is 32.4 Å². The third-order valence-corrected chi connectivity index (χ3v) is 3.92. The molecule has 1 aliphatic heterocycles. The molecule has 0 bridgehead atoms. The number of nitrogens with one attached hydrogen (secondary N) is 1. The molecule has 1 aromatic rings. The van der Waals surface area contributed by atoms with Crippen molar-refractivity contribution >= 4 is 17.5 Å². The summed E-state index contributed by atoms with van der Waals surface area (Å²) in [5.74, 6) is -0.301. The Labute approximate surface area is 125 Å². The first kappa shape index (κ1) is 15.5. The molecule has 0 radical (unpaired) electrons. The van der Waals surface area contributed by atoms with E-state index in [9.17, 15) is 9.59 Å². The van der Waals surface area contributed by atoms with Gasteiger partial charge in [0.15, 0.2) is 0 Å². The van der Waals surface area contributed by atoms with Crippen LogP contribution >= 0.6 is 0 Å². The van der Waals surface area contributed by atoms with Crippen molar-refractivity contribution in [3.8, 4) is 0 Å². The monoisotopic (exact) mass is 290 g/mol. The molecule has 114 valence electrons. The number of ether oxygens (including phenoxy) is 1. The molecule has 0 aliphatic carbocycles. The molecule has 0 spiro atoms. The van der Waals surface area contributed by atoms with E-state index in [1.54, 1.807) is 30.0 Å². The van der Waals surface area contributed by atoms with Crippen LogP contribution in [0.15, 0.2) is 24.3 Å². The molecule has 5 nitrogen and oxygen atoms in total. The summed E-state index contributed by atoms with van der Waals surface area (Å²) in [6.07, 6.45) is 0.538. The van der Waals surface area contributed by atoms with Gasteiger partial charge < -0.3 is 15.0 Å². The lowest BCUT2D eigenvalue weighted by atomic mass is 9.97. The Bertz CT molecular complexity index is 544. The van der Waals surface area contributed by atoms with Crippen LogP contribution in [0, 0.1) is 0 Å². The average molecular weight is 290 g/mol. The zero-order valence-electron chi connectivity index (χ0n) is 12.8. The Hall–Kier alpha value is -1.88. The van der Waals surface area contributed by atoms with E-state index in [4.69, 9.17) is 4.74 Å². The van der Waals surface area contributed by atoms with Crippen molar-refractivity contribution in [3.05, 3.63) is 29.8 Å². The van der Waals surface area contributed by atoms with E-state index in [1.807, 2.05) is 19.9 Å². The zero-order valence-corrected chi connectivity index (χ0v) is 12.8. The Balaban J connectivity index is 2.43. The van der Waals surface area contributed by atoms with Gasteiger partial charge in [-0.3, -0.25) is 9.59 Å². The van der Waals surface area contributed by atoms with Gasteiger partial charge in [0.25, 0.3) is 11.8 Å². The van der Waals surface area contributed by atoms with Crippen LogP contribution in [0.4, 0.5) is 5.69 Å². The maximum Gasteiger partial charge on any atom is 0.254 e. The van der Waals surface area contributed by atoms with Gasteiger partial charge in [-0.1, -0.05) is 19.1 Å². The average Bonchev–Trinajstić information content (AvgIpc) is 2.57. The van der Waals surface area contributed by atoms with Gasteiger partial charge in [0, 0.05) is 13.2 Å². The molecule has 0 aromatic heterocycles. The molecule has 21 heavy (non-hydrogen) atoms. The largest absolute Gasteiger partial charge is 0.380 e. The van der Waals surface area contributed by atoms with Crippen LogP contribution in [0.1, 0.15) is 37.6 Å². The van der Waals surface area contributed by atoms with E-state index in [2.05, 4.69) is 5.32 Å². The highest BCUT2D eigenvalue weighted by molar-refractivity contribution is 6.12. The second-order valence-corrected chi connectivity index (χ2v) is 5.31. The number of nitrogens with zero attached hydrogens (tertiary/aromatic N) is 1. The highest BCUT2D eigenvalue weighted by atomic mass is 16.5. The summed E-state index contributed by atoms with van der Waals surface area (Å²) in [5.41, 5.74) is 0.291. The van der Waals surface area contributed by atoms with Crippen LogP contribution in [0.25, 0.3) is 0 Å². The van der Waals surface area contributed by atoms with Gasteiger partial charge in [0.2, 0.25) is 0 Å². The normalized spacial score (nSPS) is 21.8. The number of anilines is 1. The maximum atomic E-state index is 12.9. The molecule has 1 atom stereocenters. The maximum absolute atomic E-state index is 12.9. The first-order chi connectivity index (χ1) is 10.0. The van der Waals surface area contributed by atoms with E-state index in [0.29, 0.717) is 37.4 Å². The summed E-state index contributed by atoms with van der Waals surface area (Å²) >= 11 is 0. The molecule has 2 amide bonds. The van der Waals surface area contributed by atoms with Gasteiger partial charge in [-0.2, -0.15) is 0 Å². The summed E-state index contributed by atoms with van der Waals surface area (Å²) in [6, 6.07) is 7.19. The SMILES string of the molecule is CCOCCN1C(=O)C(C)(CC)NC(=O)c2ccccc21. The summed E-state index contributed by atoms with van der Waals surface area (Å²) in [4.78, 5) is 26.9. The minimum atomic E-state index is -0.887. The van der Waals surface area contributed by atoms with Crippen LogP contribution in [0.2, 0.25) is 0 Å². The van der Waals surface area contributed by atoms with Crippen molar-refractivity contribution in [2.45, 2.75) is 32.7 Å². The van der Waals surface area contributed by atoms with E-state index >= 15 is 0 Å². The Morgan fingerprint density at radius 2 is 1.95 bits per heavy atom. The molecule has 1 aliphatic rings. The highest BCUT2D eigenvalue weighted by Gasteiger charge is 2.41. The van der Waals surface area contributed by atoms with E-state index < -0.39 is 5.54 Å². The van der Waals surface area contributed by atoms with Crippen LogP contribution in [0.5, 0.6) is 0 Å². The summed E-state index contributed by atoms with van der Waals surface area (Å²) in [6.45, 7) is 7.08. The second-order valence-electron chi connectivity index (χ2n) is 5.31. The van der Waals surface area contributed by atoms with E-state index in [1.165, 1.54) is 0 Å². The van der Waals surface area contributed by atoms with Gasteiger partial charge >= 0.3 is 0 Å². The number of amides is 2. The van der Waals surface area contributed by atoms with E-state index in [0.717, 1.165) is 0 Å². The second kappa shape index (κ2) is 6.26. The number of carbonyl (C=O) groups is 2. The molecule has 1 heterocycles. The fourth-order valence-corrected chi connectivity index (χ4v) is 2.44. The number of hydrogen-bond acceptors (Lipinski definition) is 3. The van der Waals surface area contributed by atoms with Crippen molar-refractivity contribution in [2.24, 2.45) is 0 Å². The predicted octanol–water partition coefficient (Wildman–Crippen LogP) is 1.97. The van der Waals surface area contributed by atoms with Crippen LogP contribution in [-0.4, -0.2) is 37.1 Å². The lowest BCUT2D eigenvalue weighted by molar-refractivity contribution is -0.124. The van der Waals surface area contributed by atoms with Crippen LogP contribution < -0.4 is 10.2 Å². The highest BCUT2D eigenvalue weighted by Crippen LogP contribution is 2.28. The van der Waals surface area contributed by atoms with E-state index in [-0.39, 0.29) is 11.8 Å². The van der Waals surface area contributed by atoms with Gasteiger partial charge in [-0.15, -0.1) is 0 Å². The molecular weight excluding hydrogens is 268 g/mol. The topological polar surface area (TPSA) is 58.6 Å². The summed E-state index contributed by atoms with van der Waals surface area (Å²) < 4.78 is 5.37. The van der Waals surface area contributed by atoms with Crippen LogP contribution in [-0.2, 0) is 9.53 Å². The van der Waals surface area contributed by atoms with Crippen molar-refractivity contribution < 1.29 is 14.3 Å². The fraction of sp³-hybridized carbons (Fsp3) is 0.500. The standard InChI is InChI=1S/C16H22N2O3/c1-4-16(3)15(20)18(10-11-21-5-2)13-9-7-6-8-12(13)14(19)17-16/h6-9H,4-5,10-11H2,1-3H3,(H,17,19). The number of carbonyl (C=O) groups excluding carboxylic acids is 2. The van der Waals surface area contributed by atoms with Crippen molar-refractivity contribution in [2.75, 3.05) is 24.7 Å². The quantitative estimate of drug-likeness (QED) is 0.843. The third-order valence-electron chi connectivity index (χ3n) is 3.92. The molecule has 1 aromatic carbocycles.